The molecule has 0 unspecified atom stereocenters. The smallest absolute Gasteiger partial charge is 0.196 e. The molecule has 0 fully saturated rings. The van der Waals surface area contributed by atoms with Crippen molar-refractivity contribution in [1.29, 1.82) is 0 Å². The molecule has 0 saturated carbocycles. The maximum absolute atomic E-state index is 6.15. The number of aryl methyl sites for hydroxylation is 1. The van der Waals surface area contributed by atoms with Crippen molar-refractivity contribution in [2.75, 3.05) is 5.73 Å². The zero-order valence-electron chi connectivity index (χ0n) is 9.14. The number of nitrogens with zero attached hydrogens (tertiary/aromatic N) is 2. The molecule has 0 aliphatic rings. The zero-order chi connectivity index (χ0) is 12.0. The van der Waals surface area contributed by atoms with Crippen molar-refractivity contribution in [2.45, 2.75) is 6.92 Å². The predicted octanol–water partition coefficient (Wildman–Crippen LogP) is 3.72. The Kier molecular flexibility index (Phi) is 2.45. The van der Waals surface area contributed by atoms with Gasteiger partial charge in [0.1, 0.15) is 11.5 Å². The highest BCUT2D eigenvalue weighted by atomic mass is 79.9. The van der Waals surface area contributed by atoms with E-state index in [-0.39, 0.29) is 0 Å². The molecule has 0 spiro atoms. The lowest BCUT2D eigenvalue weighted by molar-refractivity contribution is 1.14. The molecule has 0 radical (unpaired) electrons. The highest BCUT2D eigenvalue weighted by Crippen LogP contribution is 2.30. The molecule has 0 saturated heterocycles. The van der Waals surface area contributed by atoms with Crippen molar-refractivity contribution in [2.24, 2.45) is 0 Å². The average molecular weight is 308 g/mol. The molecule has 5 heteroatoms. The third-order valence-corrected chi connectivity index (χ3v) is 4.16. The molecule has 2 aromatic heterocycles. The Hall–Kier alpha value is -1.33. The number of rotatable bonds is 1. The van der Waals surface area contributed by atoms with Crippen LogP contribution in [-0.2, 0) is 0 Å². The average Bonchev–Trinajstić information content (AvgIpc) is 2.83. The van der Waals surface area contributed by atoms with Gasteiger partial charge in [0.15, 0.2) is 4.96 Å². The van der Waals surface area contributed by atoms with Crippen molar-refractivity contribution in [3.63, 3.8) is 0 Å². The summed E-state index contributed by atoms with van der Waals surface area (Å²) in [6.45, 7) is 2.03. The lowest BCUT2D eigenvalue weighted by atomic mass is 10.1. The van der Waals surface area contributed by atoms with Gasteiger partial charge in [0.05, 0.1) is 0 Å². The summed E-state index contributed by atoms with van der Waals surface area (Å²) in [5, 5.41) is 2.06. The number of aromatic nitrogens is 2. The molecular weight excluding hydrogens is 298 g/mol. The molecule has 0 aliphatic heterocycles. The van der Waals surface area contributed by atoms with Crippen LogP contribution in [-0.4, -0.2) is 9.38 Å². The molecule has 2 heterocycles. The first-order chi connectivity index (χ1) is 8.16. The Morgan fingerprint density at radius 1 is 1.29 bits per heavy atom. The number of halogens is 1. The topological polar surface area (TPSA) is 43.3 Å². The molecule has 17 heavy (non-hydrogen) atoms. The summed E-state index contributed by atoms with van der Waals surface area (Å²) in [6, 6.07) is 8.02. The monoisotopic (exact) mass is 307 g/mol. The Morgan fingerprint density at radius 2 is 2.00 bits per heavy atom. The van der Waals surface area contributed by atoms with Crippen molar-refractivity contribution in [3.8, 4) is 11.3 Å². The summed E-state index contributed by atoms with van der Waals surface area (Å²) in [5.74, 6) is 0.709. The fraction of sp³-hybridized carbons (Fsp3) is 0.0833. The van der Waals surface area contributed by atoms with Gasteiger partial charge < -0.3 is 5.73 Å². The molecule has 2 N–H and O–H groups in total. The normalized spacial score (nSPS) is 11.2. The largest absolute Gasteiger partial charge is 0.383 e. The summed E-state index contributed by atoms with van der Waals surface area (Å²) in [6.07, 6.45) is 0. The van der Waals surface area contributed by atoms with E-state index < -0.39 is 0 Å². The van der Waals surface area contributed by atoms with Crippen LogP contribution >= 0.6 is 27.3 Å². The minimum Gasteiger partial charge on any atom is -0.383 e. The van der Waals surface area contributed by atoms with E-state index in [2.05, 4.69) is 26.3 Å². The van der Waals surface area contributed by atoms with Crippen LogP contribution in [0.25, 0.3) is 16.2 Å². The van der Waals surface area contributed by atoms with E-state index in [1.807, 2.05) is 35.6 Å². The van der Waals surface area contributed by atoms with Gasteiger partial charge in [-0.15, -0.1) is 11.3 Å². The van der Waals surface area contributed by atoms with E-state index in [1.165, 1.54) is 0 Å². The van der Waals surface area contributed by atoms with Gasteiger partial charge in [0.25, 0.3) is 0 Å². The Balaban J connectivity index is 2.23. The van der Waals surface area contributed by atoms with Crippen LogP contribution in [0.2, 0.25) is 0 Å². The maximum atomic E-state index is 6.15. The van der Waals surface area contributed by atoms with Crippen LogP contribution in [0, 0.1) is 6.92 Å². The second-order valence-corrected chi connectivity index (χ2v) is 5.60. The van der Waals surface area contributed by atoms with Gasteiger partial charge in [0, 0.05) is 21.1 Å². The molecule has 0 aliphatic carbocycles. The number of nitrogens with two attached hydrogens (primary N) is 1. The van der Waals surface area contributed by atoms with Crippen LogP contribution in [0.1, 0.15) is 5.69 Å². The van der Waals surface area contributed by atoms with E-state index in [1.54, 1.807) is 11.3 Å². The van der Waals surface area contributed by atoms with Crippen LogP contribution in [0.4, 0.5) is 5.82 Å². The molecule has 0 atom stereocenters. The molecule has 86 valence electrons. The molecule has 3 aromatic rings. The quantitative estimate of drug-likeness (QED) is 0.744. The minimum absolute atomic E-state index is 0.709. The van der Waals surface area contributed by atoms with Gasteiger partial charge in [-0.3, -0.25) is 4.40 Å². The number of thiazole rings is 1. The molecule has 0 bridgehead atoms. The van der Waals surface area contributed by atoms with E-state index in [4.69, 9.17) is 5.73 Å². The number of hydrogen-bond acceptors (Lipinski definition) is 3. The molecular formula is C12H10BrN3S. The van der Waals surface area contributed by atoms with Crippen LogP contribution in [0.5, 0.6) is 0 Å². The van der Waals surface area contributed by atoms with Gasteiger partial charge in [-0.25, -0.2) is 4.98 Å². The molecule has 3 nitrogen and oxygen atoms in total. The second kappa shape index (κ2) is 3.85. The Morgan fingerprint density at radius 3 is 2.65 bits per heavy atom. The van der Waals surface area contributed by atoms with Crippen molar-refractivity contribution in [3.05, 3.63) is 39.8 Å². The first-order valence-electron chi connectivity index (χ1n) is 5.15. The SMILES string of the molecule is Cc1csc2nc(-c3ccc(Br)cc3)c(N)n12. The van der Waals surface area contributed by atoms with E-state index in [0.717, 1.165) is 26.4 Å². The first-order valence-corrected chi connectivity index (χ1v) is 6.82. The molecule has 0 amide bonds. The summed E-state index contributed by atoms with van der Waals surface area (Å²) in [4.78, 5) is 5.52. The van der Waals surface area contributed by atoms with Gasteiger partial charge in [0.2, 0.25) is 0 Å². The van der Waals surface area contributed by atoms with Gasteiger partial charge in [-0.1, -0.05) is 28.1 Å². The number of anilines is 1. The lowest BCUT2D eigenvalue weighted by Gasteiger charge is -2.00. The highest BCUT2D eigenvalue weighted by Gasteiger charge is 2.13. The number of imidazole rings is 1. The first kappa shape index (κ1) is 10.8. The summed E-state index contributed by atoms with van der Waals surface area (Å²) in [7, 11) is 0. The fourth-order valence-corrected chi connectivity index (χ4v) is 2.98. The lowest BCUT2D eigenvalue weighted by Crippen LogP contribution is -1.94. The Bertz CT molecular complexity index is 682. The summed E-state index contributed by atoms with van der Waals surface area (Å²) < 4.78 is 3.04. The van der Waals surface area contributed by atoms with Crippen LogP contribution < -0.4 is 5.73 Å². The third kappa shape index (κ3) is 1.66. The highest BCUT2D eigenvalue weighted by molar-refractivity contribution is 9.10. The van der Waals surface area contributed by atoms with E-state index in [0.29, 0.717) is 5.82 Å². The predicted molar refractivity (Wildman–Crippen MR) is 75.4 cm³/mol. The second-order valence-electron chi connectivity index (χ2n) is 3.85. The minimum atomic E-state index is 0.709. The van der Waals surface area contributed by atoms with Crippen molar-refractivity contribution in [1.82, 2.24) is 9.38 Å². The van der Waals surface area contributed by atoms with Gasteiger partial charge in [-0.2, -0.15) is 0 Å². The van der Waals surface area contributed by atoms with Gasteiger partial charge in [-0.05, 0) is 19.1 Å². The van der Waals surface area contributed by atoms with Gasteiger partial charge >= 0.3 is 0 Å². The fourth-order valence-electron chi connectivity index (χ4n) is 1.84. The van der Waals surface area contributed by atoms with Crippen LogP contribution in [0.3, 0.4) is 0 Å². The summed E-state index contributed by atoms with van der Waals surface area (Å²) in [5.41, 5.74) is 9.17. The maximum Gasteiger partial charge on any atom is 0.196 e. The standard InChI is InChI=1S/C12H10BrN3S/c1-7-6-17-12-15-10(11(14)16(7)12)8-2-4-9(13)5-3-8/h2-6H,14H2,1H3. The number of nitrogen functional groups attached to an aromatic ring is 1. The zero-order valence-corrected chi connectivity index (χ0v) is 11.5. The van der Waals surface area contributed by atoms with E-state index in [9.17, 15) is 0 Å². The molecule has 3 rings (SSSR count). The third-order valence-electron chi connectivity index (χ3n) is 2.69. The van der Waals surface area contributed by atoms with Crippen molar-refractivity contribution < 1.29 is 0 Å². The van der Waals surface area contributed by atoms with E-state index >= 15 is 0 Å². The number of benzene rings is 1. The van der Waals surface area contributed by atoms with Crippen LogP contribution in [0.15, 0.2) is 34.1 Å². The summed E-state index contributed by atoms with van der Waals surface area (Å²) >= 11 is 5.03. The van der Waals surface area contributed by atoms with Crippen molar-refractivity contribution >= 4 is 38.0 Å². The Labute approximate surface area is 111 Å². The molecule has 1 aromatic carbocycles. The number of fused-ring (bicyclic) bond motifs is 1. The number of hydrogen-bond donors (Lipinski definition) is 1.